The molecule has 0 aliphatic heterocycles. The first kappa shape index (κ1) is 19.8. The van der Waals surface area contributed by atoms with Crippen molar-refractivity contribution in [2.75, 3.05) is 5.32 Å². The highest BCUT2D eigenvalue weighted by Crippen LogP contribution is 2.28. The number of anilines is 1. The second kappa shape index (κ2) is 7.58. The van der Waals surface area contributed by atoms with Crippen LogP contribution in [-0.2, 0) is 16.6 Å². The van der Waals surface area contributed by atoms with Crippen LogP contribution in [0.2, 0.25) is 0 Å². The summed E-state index contributed by atoms with van der Waals surface area (Å²) < 4.78 is 14.9. The van der Waals surface area contributed by atoms with E-state index in [9.17, 15) is 9.18 Å². The van der Waals surface area contributed by atoms with Gasteiger partial charge in [0.2, 0.25) is 5.91 Å². The van der Waals surface area contributed by atoms with Crippen LogP contribution in [0.15, 0.2) is 48.5 Å². The molecule has 146 valence electrons. The number of amides is 1. The Morgan fingerprint density at radius 2 is 1.75 bits per heavy atom. The molecular weight excluding hydrogens is 353 g/mol. The molecule has 0 unspecified atom stereocenters. The average molecular weight is 379 g/mol. The highest BCUT2D eigenvalue weighted by molar-refractivity contribution is 5.91. The lowest BCUT2D eigenvalue weighted by Crippen LogP contribution is -2.17. The molecule has 0 spiro atoms. The highest BCUT2D eigenvalue weighted by atomic mass is 19.1. The zero-order valence-corrected chi connectivity index (χ0v) is 17.0. The largest absolute Gasteiger partial charge is 0.310 e. The number of aryl methyl sites for hydroxylation is 2. The van der Waals surface area contributed by atoms with Crippen molar-refractivity contribution in [2.45, 2.75) is 46.5 Å². The van der Waals surface area contributed by atoms with E-state index < -0.39 is 0 Å². The molecule has 5 heteroatoms. The predicted molar refractivity (Wildman–Crippen MR) is 110 cm³/mol. The molecule has 28 heavy (non-hydrogen) atoms. The third-order valence-corrected chi connectivity index (χ3v) is 4.60. The van der Waals surface area contributed by atoms with Gasteiger partial charge in [-0.05, 0) is 43.2 Å². The fourth-order valence-corrected chi connectivity index (χ4v) is 3.04. The van der Waals surface area contributed by atoms with Gasteiger partial charge in [-0.25, -0.2) is 9.07 Å². The molecule has 1 N–H and O–H groups in total. The molecule has 3 rings (SSSR count). The molecule has 2 aromatic carbocycles. The smallest absolute Gasteiger partial charge is 0.229 e. The Morgan fingerprint density at radius 3 is 2.36 bits per heavy atom. The van der Waals surface area contributed by atoms with Gasteiger partial charge in [0.1, 0.15) is 11.6 Å². The Labute approximate surface area is 165 Å². The number of benzene rings is 2. The van der Waals surface area contributed by atoms with E-state index in [0.717, 1.165) is 22.5 Å². The molecule has 0 radical (unpaired) electrons. The Hall–Kier alpha value is -2.95. The van der Waals surface area contributed by atoms with Crippen LogP contribution in [0, 0.1) is 19.7 Å². The van der Waals surface area contributed by atoms with E-state index in [1.54, 1.807) is 16.8 Å². The SMILES string of the molecule is Cc1ccc(-n2nc(C(C)(C)C)cc2NC(=O)Cc2ccc(F)cc2)c(C)c1. The number of hydrogen-bond acceptors (Lipinski definition) is 2. The minimum absolute atomic E-state index is 0.152. The normalized spacial score (nSPS) is 11.5. The molecule has 4 nitrogen and oxygen atoms in total. The quantitative estimate of drug-likeness (QED) is 0.685. The van der Waals surface area contributed by atoms with E-state index in [-0.39, 0.29) is 23.6 Å². The molecule has 0 saturated heterocycles. The maximum Gasteiger partial charge on any atom is 0.229 e. The average Bonchev–Trinajstić information content (AvgIpc) is 3.01. The summed E-state index contributed by atoms with van der Waals surface area (Å²) in [5, 5.41) is 7.74. The second-order valence-electron chi connectivity index (χ2n) is 8.22. The molecule has 0 aliphatic carbocycles. The minimum Gasteiger partial charge on any atom is -0.310 e. The van der Waals surface area contributed by atoms with Crippen LogP contribution in [0.4, 0.5) is 10.2 Å². The fraction of sp³-hybridized carbons (Fsp3) is 0.304. The van der Waals surface area contributed by atoms with E-state index in [2.05, 4.69) is 32.2 Å². The van der Waals surface area contributed by atoms with Crippen LogP contribution in [-0.4, -0.2) is 15.7 Å². The van der Waals surface area contributed by atoms with Gasteiger partial charge >= 0.3 is 0 Å². The van der Waals surface area contributed by atoms with Gasteiger partial charge in [0, 0.05) is 11.5 Å². The third kappa shape index (κ3) is 4.47. The van der Waals surface area contributed by atoms with Gasteiger partial charge in [-0.3, -0.25) is 4.79 Å². The summed E-state index contributed by atoms with van der Waals surface area (Å²) in [5.41, 5.74) is 4.68. The van der Waals surface area contributed by atoms with Crippen molar-refractivity contribution >= 4 is 11.7 Å². The highest BCUT2D eigenvalue weighted by Gasteiger charge is 2.22. The topological polar surface area (TPSA) is 46.9 Å². The van der Waals surface area contributed by atoms with Crippen LogP contribution in [0.1, 0.15) is 43.2 Å². The van der Waals surface area contributed by atoms with E-state index in [1.165, 1.54) is 17.7 Å². The summed E-state index contributed by atoms with van der Waals surface area (Å²) in [6, 6.07) is 14.0. The first-order valence-electron chi connectivity index (χ1n) is 9.36. The van der Waals surface area contributed by atoms with Crippen molar-refractivity contribution in [1.29, 1.82) is 0 Å². The van der Waals surface area contributed by atoms with Crippen LogP contribution in [0.25, 0.3) is 5.69 Å². The molecule has 0 atom stereocenters. The van der Waals surface area contributed by atoms with Crippen LogP contribution >= 0.6 is 0 Å². The lowest BCUT2D eigenvalue weighted by molar-refractivity contribution is -0.115. The van der Waals surface area contributed by atoms with Gasteiger partial charge in [0.15, 0.2) is 0 Å². The first-order valence-corrected chi connectivity index (χ1v) is 9.36. The monoisotopic (exact) mass is 379 g/mol. The van der Waals surface area contributed by atoms with Crippen molar-refractivity contribution in [3.8, 4) is 5.69 Å². The maximum atomic E-state index is 13.1. The second-order valence-corrected chi connectivity index (χ2v) is 8.22. The molecule has 0 saturated carbocycles. The molecule has 1 aromatic heterocycles. The van der Waals surface area contributed by atoms with E-state index in [1.807, 2.05) is 32.0 Å². The van der Waals surface area contributed by atoms with Crippen LogP contribution < -0.4 is 5.32 Å². The number of rotatable bonds is 4. The number of halogens is 1. The summed E-state index contributed by atoms with van der Waals surface area (Å²) in [6.45, 7) is 10.3. The summed E-state index contributed by atoms with van der Waals surface area (Å²) in [6.07, 6.45) is 0.170. The number of nitrogens with zero attached hydrogens (tertiary/aromatic N) is 2. The number of nitrogens with one attached hydrogen (secondary N) is 1. The van der Waals surface area contributed by atoms with Crippen molar-refractivity contribution in [1.82, 2.24) is 9.78 Å². The molecule has 0 bridgehead atoms. The van der Waals surface area contributed by atoms with Gasteiger partial charge in [0.25, 0.3) is 0 Å². The number of carbonyl (C=O) groups excluding carboxylic acids is 1. The number of aromatic nitrogens is 2. The standard InChI is InChI=1S/C23H26FN3O/c1-15-6-11-19(16(2)12-15)27-21(14-20(26-27)23(3,4)5)25-22(28)13-17-7-9-18(24)10-8-17/h6-12,14H,13H2,1-5H3,(H,25,28). The zero-order valence-electron chi connectivity index (χ0n) is 17.0. The Kier molecular flexibility index (Phi) is 5.36. The lowest BCUT2D eigenvalue weighted by Gasteiger charge is -2.14. The summed E-state index contributed by atoms with van der Waals surface area (Å²) in [5.74, 6) is 0.147. The summed E-state index contributed by atoms with van der Waals surface area (Å²) in [4.78, 5) is 12.6. The van der Waals surface area contributed by atoms with Crippen molar-refractivity contribution < 1.29 is 9.18 Å². The first-order chi connectivity index (χ1) is 13.1. The summed E-state index contributed by atoms with van der Waals surface area (Å²) >= 11 is 0. The van der Waals surface area contributed by atoms with Crippen LogP contribution in [0.5, 0.6) is 0 Å². The van der Waals surface area contributed by atoms with Crippen molar-refractivity contribution in [2.24, 2.45) is 0 Å². The van der Waals surface area contributed by atoms with E-state index in [0.29, 0.717) is 5.82 Å². The lowest BCUT2D eigenvalue weighted by atomic mass is 9.92. The minimum atomic E-state index is -0.313. The molecular formula is C23H26FN3O. The molecule has 3 aromatic rings. The molecule has 1 amide bonds. The molecule has 0 aliphatic rings. The Balaban J connectivity index is 1.93. The fourth-order valence-electron chi connectivity index (χ4n) is 3.04. The van der Waals surface area contributed by atoms with Gasteiger partial charge in [0.05, 0.1) is 17.8 Å². The summed E-state index contributed by atoms with van der Waals surface area (Å²) in [7, 11) is 0. The maximum absolute atomic E-state index is 13.1. The van der Waals surface area contributed by atoms with Gasteiger partial charge in [-0.15, -0.1) is 0 Å². The van der Waals surface area contributed by atoms with Crippen molar-refractivity contribution in [3.05, 3.63) is 76.7 Å². The zero-order chi connectivity index (χ0) is 20.5. The predicted octanol–water partition coefficient (Wildman–Crippen LogP) is 5.11. The van der Waals surface area contributed by atoms with Crippen LogP contribution in [0.3, 0.4) is 0 Å². The van der Waals surface area contributed by atoms with E-state index in [4.69, 9.17) is 5.10 Å². The number of carbonyl (C=O) groups is 1. The Bertz CT molecular complexity index is 998. The van der Waals surface area contributed by atoms with E-state index >= 15 is 0 Å². The van der Waals surface area contributed by atoms with Gasteiger partial charge < -0.3 is 5.32 Å². The van der Waals surface area contributed by atoms with Gasteiger partial charge in [-0.2, -0.15) is 5.10 Å². The third-order valence-electron chi connectivity index (χ3n) is 4.60. The molecule has 1 heterocycles. The molecule has 0 fully saturated rings. The Morgan fingerprint density at radius 1 is 1.07 bits per heavy atom. The van der Waals surface area contributed by atoms with Gasteiger partial charge in [-0.1, -0.05) is 50.6 Å². The number of hydrogen-bond donors (Lipinski definition) is 1. The van der Waals surface area contributed by atoms with Crippen molar-refractivity contribution in [3.63, 3.8) is 0 Å².